The maximum Gasteiger partial charge on any atom is 0.317 e. The molecule has 2 aromatic rings. The molecule has 7 heteroatoms. The van der Waals surface area contributed by atoms with Gasteiger partial charge in [-0.15, -0.1) is 0 Å². The van der Waals surface area contributed by atoms with E-state index in [-0.39, 0.29) is 35.4 Å². The fourth-order valence-electron chi connectivity index (χ4n) is 10.3. The predicted octanol–water partition coefficient (Wildman–Crippen LogP) is 4.34. The zero-order valence-corrected chi connectivity index (χ0v) is 23.5. The van der Waals surface area contributed by atoms with E-state index in [2.05, 4.69) is 46.6 Å². The highest BCUT2D eigenvalue weighted by Crippen LogP contribution is 2.77. The van der Waals surface area contributed by atoms with Gasteiger partial charge in [0.25, 0.3) is 0 Å². The number of carboxylic acids is 1. The van der Waals surface area contributed by atoms with E-state index in [0.29, 0.717) is 6.04 Å². The first-order valence-corrected chi connectivity index (χ1v) is 15.1. The molecule has 0 amide bonds. The van der Waals surface area contributed by atoms with E-state index in [4.69, 9.17) is 14.2 Å². The second-order valence-electron chi connectivity index (χ2n) is 13.3. The fraction of sp³-hybridized carbons (Fsp3) is 0.606. The van der Waals surface area contributed by atoms with Gasteiger partial charge in [-0.2, -0.15) is 0 Å². The SMILES string of the molecule is COc1ccc2c3c1O[C@H]1[C@@]4(OC)CC[C@@]5(C[C@@H]4C(NCC(=O)O)c4ccccc4)[C@@H](C2)N(CC2CC2)CC[C@]315. The first-order valence-electron chi connectivity index (χ1n) is 15.1. The molecule has 7 atom stereocenters. The number of ether oxygens (including phenoxy) is 3. The Labute approximate surface area is 236 Å². The van der Waals surface area contributed by atoms with Crippen molar-refractivity contribution >= 4 is 5.97 Å². The quantitative estimate of drug-likeness (QED) is 0.486. The van der Waals surface area contributed by atoms with Gasteiger partial charge in [0.15, 0.2) is 11.5 Å². The van der Waals surface area contributed by atoms with Crippen molar-refractivity contribution in [3.63, 3.8) is 0 Å². The third-order valence-electron chi connectivity index (χ3n) is 12.0. The van der Waals surface area contributed by atoms with Gasteiger partial charge in [0.1, 0.15) is 11.7 Å². The Bertz CT molecular complexity index is 1350. The van der Waals surface area contributed by atoms with Crippen molar-refractivity contribution in [3.8, 4) is 11.5 Å². The number of carboxylic acid groups (broad SMARTS) is 1. The summed E-state index contributed by atoms with van der Waals surface area (Å²) in [6.07, 6.45) is 7.72. The summed E-state index contributed by atoms with van der Waals surface area (Å²) < 4.78 is 19.8. The number of hydrogen-bond donors (Lipinski definition) is 2. The van der Waals surface area contributed by atoms with E-state index in [1.807, 2.05) is 13.2 Å². The Morgan fingerprint density at radius 2 is 1.98 bits per heavy atom. The maximum absolute atomic E-state index is 11.8. The number of rotatable bonds is 9. The lowest BCUT2D eigenvalue weighted by Gasteiger charge is -2.74. The summed E-state index contributed by atoms with van der Waals surface area (Å²) in [7, 11) is 3.60. The Kier molecular flexibility index (Phi) is 5.46. The highest BCUT2D eigenvalue weighted by atomic mass is 16.6. The zero-order valence-electron chi connectivity index (χ0n) is 23.5. The number of nitrogens with zero attached hydrogens (tertiary/aromatic N) is 1. The van der Waals surface area contributed by atoms with Crippen molar-refractivity contribution in [1.29, 1.82) is 0 Å². The minimum Gasteiger partial charge on any atom is -0.493 e. The molecule has 4 bridgehead atoms. The number of hydrogen-bond acceptors (Lipinski definition) is 6. The smallest absolute Gasteiger partial charge is 0.317 e. The molecular formula is C33H40N2O5. The second-order valence-corrected chi connectivity index (χ2v) is 13.3. The summed E-state index contributed by atoms with van der Waals surface area (Å²) in [6, 6.07) is 15.1. The van der Waals surface area contributed by atoms with Gasteiger partial charge < -0.3 is 19.3 Å². The Balaban J connectivity index is 1.32. The molecule has 5 fully saturated rings. The average Bonchev–Trinajstić information content (AvgIpc) is 3.72. The predicted molar refractivity (Wildman–Crippen MR) is 150 cm³/mol. The Hall–Kier alpha value is -2.61. The van der Waals surface area contributed by atoms with Crippen molar-refractivity contribution in [2.45, 2.75) is 74.1 Å². The van der Waals surface area contributed by atoms with Crippen LogP contribution in [0.25, 0.3) is 0 Å². The van der Waals surface area contributed by atoms with E-state index in [1.54, 1.807) is 7.11 Å². The number of nitrogens with one attached hydrogen (secondary N) is 1. The number of likely N-dealkylation sites (tertiary alicyclic amines) is 1. The standard InChI is InChI=1S/C33H40N2O5/c1-38-24-11-10-22-16-25-31-12-13-33(39-2,23(17-31)28(34-18-26(36)37)21-6-4-3-5-7-21)30-32(31,27(22)29(24)40-30)14-15-35(25)19-20-8-9-20/h3-7,10-11,20,23,25,28,30,34H,8-9,12-19H2,1-2H3,(H,36,37)/t23-,25-,28?,30-,31-,32+,33-/m1/s1. The van der Waals surface area contributed by atoms with Gasteiger partial charge in [-0.3, -0.25) is 15.0 Å². The summed E-state index contributed by atoms with van der Waals surface area (Å²) in [5, 5.41) is 13.2. The number of piperidine rings is 1. The largest absolute Gasteiger partial charge is 0.493 e. The third kappa shape index (κ3) is 3.09. The molecule has 212 valence electrons. The molecule has 1 unspecified atom stereocenters. The van der Waals surface area contributed by atoms with Gasteiger partial charge >= 0.3 is 5.97 Å². The third-order valence-corrected chi connectivity index (χ3v) is 12.0. The lowest BCUT2D eigenvalue weighted by molar-refractivity contribution is -0.282. The van der Waals surface area contributed by atoms with Crippen molar-refractivity contribution in [2.24, 2.45) is 17.3 Å². The molecule has 0 radical (unpaired) electrons. The number of aliphatic carboxylic acids is 1. The van der Waals surface area contributed by atoms with Crippen LogP contribution in [0.3, 0.4) is 0 Å². The van der Waals surface area contributed by atoms with Gasteiger partial charge in [0, 0.05) is 48.0 Å². The second kappa shape index (κ2) is 8.70. The Morgan fingerprint density at radius 3 is 2.70 bits per heavy atom. The maximum atomic E-state index is 11.8. The van der Waals surface area contributed by atoms with Gasteiger partial charge in [-0.1, -0.05) is 36.4 Å². The molecule has 9 rings (SSSR count). The molecule has 2 aromatic carbocycles. The van der Waals surface area contributed by atoms with Crippen LogP contribution in [0.1, 0.15) is 61.3 Å². The van der Waals surface area contributed by atoms with Crippen LogP contribution < -0.4 is 14.8 Å². The molecule has 2 heterocycles. The van der Waals surface area contributed by atoms with Gasteiger partial charge in [-0.05, 0) is 74.6 Å². The fourth-order valence-corrected chi connectivity index (χ4v) is 10.3. The molecule has 2 N–H and O–H groups in total. The number of carbonyl (C=O) groups is 1. The van der Waals surface area contributed by atoms with Gasteiger partial charge in [0.05, 0.1) is 13.7 Å². The molecule has 1 saturated heterocycles. The van der Waals surface area contributed by atoms with Crippen LogP contribution in [-0.4, -0.2) is 67.6 Å². The highest BCUT2D eigenvalue weighted by Gasteiger charge is 2.81. The number of methoxy groups -OCH3 is 2. The van der Waals surface area contributed by atoms with Gasteiger partial charge in [0.2, 0.25) is 0 Å². The first kappa shape index (κ1) is 25.1. The summed E-state index contributed by atoms with van der Waals surface area (Å²) in [5.41, 5.74) is 3.32. The van der Waals surface area contributed by atoms with Crippen LogP contribution in [0.15, 0.2) is 42.5 Å². The zero-order chi connectivity index (χ0) is 27.3. The lowest BCUT2D eigenvalue weighted by Crippen LogP contribution is -2.81. The van der Waals surface area contributed by atoms with E-state index in [1.165, 1.54) is 30.5 Å². The summed E-state index contributed by atoms with van der Waals surface area (Å²) in [6.45, 7) is 2.21. The van der Waals surface area contributed by atoms with Crippen LogP contribution in [0, 0.1) is 17.3 Å². The minimum absolute atomic E-state index is 0.0400. The molecule has 5 aliphatic carbocycles. The number of benzene rings is 2. The van der Waals surface area contributed by atoms with Crippen molar-refractivity contribution < 1.29 is 24.1 Å². The summed E-state index contributed by atoms with van der Waals surface area (Å²) >= 11 is 0. The van der Waals surface area contributed by atoms with Crippen molar-refractivity contribution in [2.75, 3.05) is 33.9 Å². The topological polar surface area (TPSA) is 80.3 Å². The Morgan fingerprint density at radius 1 is 1.15 bits per heavy atom. The van der Waals surface area contributed by atoms with E-state index in [0.717, 1.165) is 61.6 Å². The molecule has 4 saturated carbocycles. The molecule has 2 aliphatic heterocycles. The molecule has 0 aromatic heterocycles. The molecule has 40 heavy (non-hydrogen) atoms. The van der Waals surface area contributed by atoms with E-state index < -0.39 is 11.6 Å². The summed E-state index contributed by atoms with van der Waals surface area (Å²) in [5.74, 6) is 1.82. The van der Waals surface area contributed by atoms with Crippen LogP contribution >= 0.6 is 0 Å². The van der Waals surface area contributed by atoms with Crippen LogP contribution in [0.2, 0.25) is 0 Å². The van der Waals surface area contributed by atoms with Crippen LogP contribution in [0.5, 0.6) is 11.5 Å². The lowest BCUT2D eigenvalue weighted by atomic mass is 9.34. The average molecular weight is 545 g/mol. The highest BCUT2D eigenvalue weighted by molar-refractivity contribution is 5.69. The normalized spacial score (nSPS) is 37.5. The first-order chi connectivity index (χ1) is 19.5. The van der Waals surface area contributed by atoms with Gasteiger partial charge in [-0.25, -0.2) is 0 Å². The van der Waals surface area contributed by atoms with Crippen molar-refractivity contribution in [1.82, 2.24) is 10.2 Å². The van der Waals surface area contributed by atoms with E-state index in [9.17, 15) is 9.90 Å². The number of fused-ring (bicyclic) bond motifs is 2. The van der Waals surface area contributed by atoms with Crippen molar-refractivity contribution in [3.05, 3.63) is 59.2 Å². The van der Waals surface area contributed by atoms with Crippen LogP contribution in [-0.2, 0) is 21.4 Å². The molecule has 7 nitrogen and oxygen atoms in total. The monoisotopic (exact) mass is 544 g/mol. The molecular weight excluding hydrogens is 504 g/mol. The summed E-state index contributed by atoms with van der Waals surface area (Å²) in [4.78, 5) is 14.7. The molecule has 7 aliphatic rings. The van der Waals surface area contributed by atoms with E-state index >= 15 is 0 Å². The minimum atomic E-state index is -0.841. The molecule has 2 spiro atoms. The van der Waals surface area contributed by atoms with Crippen LogP contribution in [0.4, 0.5) is 0 Å².